The molecule has 0 N–H and O–H groups in total. The first-order valence-electron chi connectivity index (χ1n) is 18.4. The topological polar surface area (TPSA) is 12.9 Å². The third-order valence-electron chi connectivity index (χ3n) is 10.4. The van der Waals surface area contributed by atoms with Gasteiger partial charge >= 0.3 is 0 Å². The molecule has 7 aromatic carbocycles. The van der Waals surface area contributed by atoms with E-state index in [1.54, 1.807) is 0 Å². The first kappa shape index (κ1) is 34.3. The van der Waals surface area contributed by atoms with Gasteiger partial charge in [-0.05, 0) is 120 Å². The molecular formula is C53H41N. The summed E-state index contributed by atoms with van der Waals surface area (Å²) in [6.45, 7) is 13.2. The van der Waals surface area contributed by atoms with E-state index in [9.17, 15) is 0 Å². The Balaban J connectivity index is 1.29. The Morgan fingerprint density at radius 1 is 0.574 bits per heavy atom. The second kappa shape index (κ2) is 15.0. The van der Waals surface area contributed by atoms with Crippen LogP contribution in [0.5, 0.6) is 0 Å². The van der Waals surface area contributed by atoms with Crippen LogP contribution in [0.3, 0.4) is 0 Å². The Labute approximate surface area is 318 Å². The van der Waals surface area contributed by atoms with Gasteiger partial charge in [0, 0.05) is 17.1 Å². The van der Waals surface area contributed by atoms with E-state index in [0.717, 1.165) is 49.4 Å². The van der Waals surface area contributed by atoms with Gasteiger partial charge in [0.2, 0.25) is 0 Å². The predicted octanol–water partition coefficient (Wildman–Crippen LogP) is 12.5. The summed E-state index contributed by atoms with van der Waals surface area (Å²) in [4.78, 5) is 4.80. The lowest BCUT2D eigenvalue weighted by Crippen LogP contribution is -2.21. The third-order valence-corrected chi connectivity index (χ3v) is 10.4. The number of fused-ring (bicyclic) bond motifs is 2. The van der Waals surface area contributed by atoms with Crippen molar-refractivity contribution in [2.75, 3.05) is 0 Å². The highest BCUT2D eigenvalue weighted by atomic mass is 14.7. The number of rotatable bonds is 8. The van der Waals surface area contributed by atoms with Crippen LogP contribution in [0.4, 0.5) is 0 Å². The van der Waals surface area contributed by atoms with Crippen LogP contribution in [0.25, 0.3) is 73.3 Å². The van der Waals surface area contributed by atoms with Crippen molar-refractivity contribution in [3.05, 3.63) is 227 Å². The molecule has 0 saturated heterocycles. The summed E-state index contributed by atoms with van der Waals surface area (Å²) < 4.78 is 0. The van der Waals surface area contributed by atoms with Crippen LogP contribution in [-0.4, -0.2) is 4.98 Å². The molecule has 0 spiro atoms. The minimum atomic E-state index is 0.960. The summed E-state index contributed by atoms with van der Waals surface area (Å²) in [5, 5.41) is 6.91. The molecule has 258 valence electrons. The van der Waals surface area contributed by atoms with Gasteiger partial charge in [-0.1, -0.05) is 171 Å². The van der Waals surface area contributed by atoms with Gasteiger partial charge in [0.1, 0.15) is 0 Å². The zero-order chi connectivity index (χ0) is 37.0. The van der Waals surface area contributed by atoms with Crippen LogP contribution in [-0.2, 0) is 0 Å². The average molecular weight is 692 g/mol. The molecule has 0 aliphatic carbocycles. The molecule has 54 heavy (non-hydrogen) atoms. The number of allylic oxidation sites excluding steroid dienone is 4. The Bertz CT molecular complexity index is 2840. The molecule has 0 aliphatic rings. The van der Waals surface area contributed by atoms with E-state index in [0.29, 0.717) is 0 Å². The molecular weight excluding hydrogens is 651 g/mol. The van der Waals surface area contributed by atoms with Crippen molar-refractivity contribution >= 4 is 50.9 Å². The Hall–Kier alpha value is -6.83. The fourth-order valence-electron chi connectivity index (χ4n) is 7.28. The molecule has 0 fully saturated rings. The standard InChI is InChI=1S/C53H41N/c1-36-15-11-12-18-41(36)24-23-37(2)50-32-47(42-19-9-6-10-20-42)33-51-39(4)48(29-30-49(50)51)52(31-38(3)40-16-7-5-8-17-40)43-25-27-44(28-26-43)53-34-45-21-13-14-22-46(45)35-54-53/h5-35H,1,3H2,2,4H3/b37-23+,41-24-,52-31-. The van der Waals surface area contributed by atoms with Crippen molar-refractivity contribution in [3.8, 4) is 22.4 Å². The van der Waals surface area contributed by atoms with E-state index in [1.165, 1.54) is 49.5 Å². The van der Waals surface area contributed by atoms with Gasteiger partial charge < -0.3 is 0 Å². The van der Waals surface area contributed by atoms with Crippen LogP contribution in [0.1, 0.15) is 34.7 Å². The van der Waals surface area contributed by atoms with Gasteiger partial charge in [-0.2, -0.15) is 0 Å². The number of aryl methyl sites for hydroxylation is 1. The molecule has 1 heterocycles. The van der Waals surface area contributed by atoms with Crippen molar-refractivity contribution in [1.29, 1.82) is 0 Å². The lowest BCUT2D eigenvalue weighted by Gasteiger charge is -2.18. The molecule has 1 heteroatoms. The lowest BCUT2D eigenvalue weighted by molar-refractivity contribution is 1.35. The van der Waals surface area contributed by atoms with Gasteiger partial charge in [0.05, 0.1) is 5.69 Å². The van der Waals surface area contributed by atoms with E-state index in [-0.39, 0.29) is 0 Å². The Morgan fingerprint density at radius 2 is 1.26 bits per heavy atom. The summed E-state index contributed by atoms with van der Waals surface area (Å²) in [7, 11) is 0. The second-order valence-corrected chi connectivity index (χ2v) is 13.9. The highest BCUT2D eigenvalue weighted by molar-refractivity contribution is 6.03. The minimum absolute atomic E-state index is 0.960. The first-order chi connectivity index (χ1) is 26.4. The maximum atomic E-state index is 4.80. The maximum Gasteiger partial charge on any atom is 0.0708 e. The molecule has 0 atom stereocenters. The van der Waals surface area contributed by atoms with Crippen molar-refractivity contribution in [2.45, 2.75) is 13.8 Å². The van der Waals surface area contributed by atoms with E-state index in [1.807, 2.05) is 18.3 Å². The molecule has 8 aromatic rings. The molecule has 0 unspecified atom stereocenters. The van der Waals surface area contributed by atoms with Crippen molar-refractivity contribution in [1.82, 2.24) is 4.98 Å². The monoisotopic (exact) mass is 691 g/mol. The van der Waals surface area contributed by atoms with Gasteiger partial charge in [-0.3, -0.25) is 4.98 Å². The van der Waals surface area contributed by atoms with Gasteiger partial charge in [0.15, 0.2) is 0 Å². The van der Waals surface area contributed by atoms with Crippen LogP contribution >= 0.6 is 0 Å². The maximum absolute atomic E-state index is 4.80. The molecule has 8 rings (SSSR count). The first-order valence-corrected chi connectivity index (χ1v) is 18.4. The number of hydrogen-bond acceptors (Lipinski definition) is 1. The second-order valence-electron chi connectivity index (χ2n) is 13.9. The third kappa shape index (κ3) is 7.00. The zero-order valence-electron chi connectivity index (χ0n) is 30.8. The molecule has 0 aliphatic heterocycles. The van der Waals surface area contributed by atoms with Crippen molar-refractivity contribution in [3.63, 3.8) is 0 Å². The summed E-state index contributed by atoms with van der Waals surface area (Å²) in [5.41, 5.74) is 13.5. The number of benzene rings is 7. The fourth-order valence-corrected chi connectivity index (χ4v) is 7.28. The number of aromatic nitrogens is 1. The van der Waals surface area contributed by atoms with Gasteiger partial charge in [0.25, 0.3) is 0 Å². The normalized spacial score (nSPS) is 12.4. The van der Waals surface area contributed by atoms with Gasteiger partial charge in [-0.15, -0.1) is 0 Å². The smallest absolute Gasteiger partial charge is 0.0708 e. The summed E-state index contributed by atoms with van der Waals surface area (Å²) in [5.74, 6) is 0. The molecule has 1 aromatic heterocycles. The van der Waals surface area contributed by atoms with E-state index in [4.69, 9.17) is 4.98 Å². The molecule has 1 nitrogen and oxygen atoms in total. The Kier molecular flexibility index (Phi) is 9.54. The Morgan fingerprint density at radius 3 is 2.02 bits per heavy atom. The zero-order valence-corrected chi connectivity index (χ0v) is 30.8. The van der Waals surface area contributed by atoms with E-state index < -0.39 is 0 Å². The molecule has 0 saturated carbocycles. The summed E-state index contributed by atoms with van der Waals surface area (Å²) in [6.07, 6.45) is 8.59. The average Bonchev–Trinajstić information content (AvgIpc) is 3.23. The predicted molar refractivity (Wildman–Crippen MR) is 233 cm³/mol. The minimum Gasteiger partial charge on any atom is -0.256 e. The lowest BCUT2D eigenvalue weighted by atomic mass is 9.85. The van der Waals surface area contributed by atoms with Crippen LogP contribution in [0.2, 0.25) is 0 Å². The largest absolute Gasteiger partial charge is 0.256 e. The van der Waals surface area contributed by atoms with Crippen molar-refractivity contribution in [2.24, 2.45) is 0 Å². The number of nitrogens with zero attached hydrogens (tertiary/aromatic N) is 1. The van der Waals surface area contributed by atoms with E-state index in [2.05, 4.69) is 197 Å². The highest BCUT2D eigenvalue weighted by Gasteiger charge is 2.16. The van der Waals surface area contributed by atoms with Crippen molar-refractivity contribution < 1.29 is 0 Å². The molecule has 0 bridgehead atoms. The molecule has 0 amide bonds. The highest BCUT2D eigenvalue weighted by Crippen LogP contribution is 2.38. The fraction of sp³-hybridized carbons (Fsp3) is 0.0377. The quantitative estimate of drug-likeness (QED) is 0.145. The number of pyridine rings is 1. The number of hydrogen-bond donors (Lipinski definition) is 0. The van der Waals surface area contributed by atoms with Crippen LogP contribution in [0, 0.1) is 6.92 Å². The molecule has 0 radical (unpaired) electrons. The van der Waals surface area contributed by atoms with Gasteiger partial charge in [-0.25, -0.2) is 0 Å². The van der Waals surface area contributed by atoms with Crippen LogP contribution in [0.15, 0.2) is 189 Å². The SMILES string of the molecule is C=C(/C=C(/c1ccc(-c2cc3ccccc3cn2)cc1)c1ccc2c(/C(C)=C/C=c3/ccccc3=C)cc(-c3ccccc3)cc2c1C)c1ccccc1. The summed E-state index contributed by atoms with van der Waals surface area (Å²) in [6, 6.07) is 57.9. The summed E-state index contributed by atoms with van der Waals surface area (Å²) >= 11 is 0. The van der Waals surface area contributed by atoms with E-state index >= 15 is 0 Å². The van der Waals surface area contributed by atoms with Crippen LogP contribution < -0.4 is 10.4 Å².